The monoisotopic (exact) mass is 386 g/mol. The van der Waals surface area contributed by atoms with Gasteiger partial charge in [0.15, 0.2) is 0 Å². The molecule has 2 aromatic rings. The molecule has 144 valence electrons. The molecule has 2 aromatic carbocycles. The fourth-order valence-corrected chi connectivity index (χ4v) is 5.23. The number of benzene rings is 2. The molecule has 0 aromatic heterocycles. The quantitative estimate of drug-likeness (QED) is 0.862. The first-order chi connectivity index (χ1) is 12.8. The number of piperidine rings is 1. The lowest BCUT2D eigenvalue weighted by atomic mass is 10.1. The summed E-state index contributed by atoms with van der Waals surface area (Å²) in [5.41, 5.74) is 3.74. The Hall–Kier alpha value is -2.18. The van der Waals surface area contributed by atoms with Gasteiger partial charge in [0.05, 0.1) is 4.90 Å². The van der Waals surface area contributed by atoms with Crippen molar-refractivity contribution in [2.24, 2.45) is 0 Å². The Balaban J connectivity index is 1.88. The summed E-state index contributed by atoms with van der Waals surface area (Å²) in [4.78, 5) is 12.9. The molecule has 1 aliphatic rings. The molecule has 0 radical (unpaired) electrons. The van der Waals surface area contributed by atoms with Crippen LogP contribution in [0.2, 0.25) is 0 Å². The molecule has 1 aliphatic heterocycles. The molecular weight excluding hydrogens is 360 g/mol. The molecule has 0 bridgehead atoms. The molecule has 0 aliphatic carbocycles. The van der Waals surface area contributed by atoms with Crippen molar-refractivity contribution in [3.63, 3.8) is 0 Å². The molecule has 0 unspecified atom stereocenters. The molecule has 1 saturated heterocycles. The Kier molecular flexibility index (Phi) is 5.67. The molecule has 1 heterocycles. The van der Waals surface area contributed by atoms with Gasteiger partial charge in [0, 0.05) is 24.3 Å². The van der Waals surface area contributed by atoms with E-state index >= 15 is 0 Å². The van der Waals surface area contributed by atoms with E-state index in [2.05, 4.69) is 5.32 Å². The van der Waals surface area contributed by atoms with Crippen LogP contribution in [-0.4, -0.2) is 31.7 Å². The predicted octanol–water partition coefficient (Wildman–Crippen LogP) is 4.04. The Bertz CT molecular complexity index is 961. The van der Waals surface area contributed by atoms with E-state index < -0.39 is 10.0 Å². The smallest absolute Gasteiger partial charge is 0.255 e. The molecule has 1 fully saturated rings. The molecule has 0 saturated carbocycles. The number of hydrogen-bond acceptors (Lipinski definition) is 3. The fourth-order valence-electron chi connectivity index (χ4n) is 3.47. The van der Waals surface area contributed by atoms with Gasteiger partial charge in [0.25, 0.3) is 5.91 Å². The van der Waals surface area contributed by atoms with Gasteiger partial charge in [0.1, 0.15) is 0 Å². The number of anilines is 1. The summed E-state index contributed by atoms with van der Waals surface area (Å²) in [5.74, 6) is -0.238. The van der Waals surface area contributed by atoms with E-state index in [9.17, 15) is 13.2 Å². The summed E-state index contributed by atoms with van der Waals surface area (Å²) in [6.07, 6.45) is 2.85. The molecule has 27 heavy (non-hydrogen) atoms. The van der Waals surface area contributed by atoms with Crippen molar-refractivity contribution < 1.29 is 13.2 Å². The lowest BCUT2D eigenvalue weighted by Gasteiger charge is -2.26. The van der Waals surface area contributed by atoms with Crippen molar-refractivity contribution in [2.75, 3.05) is 18.4 Å². The first-order valence-corrected chi connectivity index (χ1v) is 10.7. The van der Waals surface area contributed by atoms with E-state index in [4.69, 9.17) is 0 Å². The minimum Gasteiger partial charge on any atom is -0.322 e. The van der Waals surface area contributed by atoms with Crippen LogP contribution in [0, 0.1) is 20.8 Å². The molecule has 5 nitrogen and oxygen atoms in total. The lowest BCUT2D eigenvalue weighted by molar-refractivity contribution is 0.102. The van der Waals surface area contributed by atoms with Crippen LogP contribution in [0.25, 0.3) is 0 Å². The van der Waals surface area contributed by atoms with E-state index in [1.54, 1.807) is 35.5 Å². The predicted molar refractivity (Wildman–Crippen MR) is 108 cm³/mol. The van der Waals surface area contributed by atoms with Crippen molar-refractivity contribution >= 4 is 21.6 Å². The third kappa shape index (κ3) is 4.22. The third-order valence-corrected chi connectivity index (χ3v) is 7.05. The van der Waals surface area contributed by atoms with Crippen LogP contribution in [0.4, 0.5) is 5.69 Å². The Morgan fingerprint density at radius 1 is 0.926 bits per heavy atom. The largest absolute Gasteiger partial charge is 0.322 e. The number of nitrogens with zero attached hydrogens (tertiary/aromatic N) is 1. The zero-order chi connectivity index (χ0) is 19.6. The Labute approximate surface area is 161 Å². The molecule has 0 spiro atoms. The lowest BCUT2D eigenvalue weighted by Crippen LogP contribution is -2.36. The maximum atomic E-state index is 13.0. The van der Waals surface area contributed by atoms with Gasteiger partial charge in [-0.25, -0.2) is 8.42 Å². The van der Waals surface area contributed by atoms with Crippen molar-refractivity contribution in [1.82, 2.24) is 4.31 Å². The van der Waals surface area contributed by atoms with Crippen LogP contribution in [0.3, 0.4) is 0 Å². The number of carbonyl (C=O) groups is 1. The average molecular weight is 387 g/mol. The molecule has 0 atom stereocenters. The molecule has 1 amide bonds. The fraction of sp³-hybridized carbons (Fsp3) is 0.381. The van der Waals surface area contributed by atoms with Crippen molar-refractivity contribution in [1.29, 1.82) is 0 Å². The highest BCUT2D eigenvalue weighted by molar-refractivity contribution is 7.89. The SMILES string of the molecule is Cc1ccc(C(=O)Nc2ccc(C)c(S(=O)(=O)N3CCCCC3)c2)c(C)c1. The van der Waals surface area contributed by atoms with Crippen LogP contribution < -0.4 is 5.32 Å². The maximum absolute atomic E-state index is 13.0. The van der Waals surface area contributed by atoms with Gasteiger partial charge in [-0.1, -0.05) is 30.2 Å². The van der Waals surface area contributed by atoms with Gasteiger partial charge in [-0.15, -0.1) is 0 Å². The Morgan fingerprint density at radius 2 is 1.63 bits per heavy atom. The van der Waals surface area contributed by atoms with Crippen molar-refractivity contribution in [3.8, 4) is 0 Å². The van der Waals surface area contributed by atoms with E-state index in [-0.39, 0.29) is 10.8 Å². The first kappa shape index (κ1) is 19.6. The number of nitrogens with one attached hydrogen (secondary N) is 1. The van der Waals surface area contributed by atoms with Crippen LogP contribution in [0.1, 0.15) is 46.3 Å². The summed E-state index contributed by atoms with van der Waals surface area (Å²) in [7, 11) is -3.55. The minimum absolute atomic E-state index is 0.238. The second-order valence-electron chi connectivity index (χ2n) is 7.22. The van der Waals surface area contributed by atoms with Gasteiger partial charge in [-0.2, -0.15) is 4.31 Å². The highest BCUT2D eigenvalue weighted by Crippen LogP contribution is 2.26. The van der Waals surface area contributed by atoms with E-state index in [1.165, 1.54) is 0 Å². The standard InChI is InChI=1S/C21H26N2O3S/c1-15-7-10-19(17(3)13-15)21(24)22-18-9-8-16(2)20(14-18)27(25,26)23-11-5-4-6-12-23/h7-10,13-14H,4-6,11-12H2,1-3H3,(H,22,24). The molecule has 3 rings (SSSR count). The minimum atomic E-state index is -3.55. The summed E-state index contributed by atoms with van der Waals surface area (Å²) in [6, 6.07) is 10.7. The highest BCUT2D eigenvalue weighted by atomic mass is 32.2. The Morgan fingerprint density at radius 3 is 2.30 bits per heavy atom. The number of rotatable bonds is 4. The van der Waals surface area contributed by atoms with E-state index in [1.807, 2.05) is 26.0 Å². The van der Waals surface area contributed by atoms with Crippen LogP contribution >= 0.6 is 0 Å². The van der Waals surface area contributed by atoms with Gasteiger partial charge in [-0.3, -0.25) is 4.79 Å². The highest BCUT2D eigenvalue weighted by Gasteiger charge is 2.27. The summed E-state index contributed by atoms with van der Waals surface area (Å²) in [6.45, 7) is 6.77. The van der Waals surface area contributed by atoms with Gasteiger partial charge in [-0.05, 0) is 62.9 Å². The maximum Gasteiger partial charge on any atom is 0.255 e. The summed E-state index contributed by atoms with van der Waals surface area (Å²) >= 11 is 0. The number of hydrogen-bond donors (Lipinski definition) is 1. The van der Waals surface area contributed by atoms with Gasteiger partial charge < -0.3 is 5.32 Å². The van der Waals surface area contributed by atoms with Crippen LogP contribution in [0.15, 0.2) is 41.3 Å². The zero-order valence-corrected chi connectivity index (χ0v) is 16.9. The second-order valence-corrected chi connectivity index (χ2v) is 9.12. The number of sulfonamides is 1. The topological polar surface area (TPSA) is 66.5 Å². The molecule has 1 N–H and O–H groups in total. The second kappa shape index (κ2) is 7.82. The number of aryl methyl sites for hydroxylation is 3. The van der Waals surface area contributed by atoms with Crippen molar-refractivity contribution in [3.05, 3.63) is 58.7 Å². The number of carbonyl (C=O) groups excluding carboxylic acids is 1. The summed E-state index contributed by atoms with van der Waals surface area (Å²) in [5, 5.41) is 2.84. The van der Waals surface area contributed by atoms with E-state index in [0.29, 0.717) is 29.9 Å². The van der Waals surface area contributed by atoms with Crippen molar-refractivity contribution in [2.45, 2.75) is 44.9 Å². The third-order valence-electron chi connectivity index (χ3n) is 5.01. The zero-order valence-electron chi connectivity index (χ0n) is 16.1. The van der Waals surface area contributed by atoms with Crippen LogP contribution in [-0.2, 0) is 10.0 Å². The molecular formula is C21H26N2O3S. The molecule has 6 heteroatoms. The first-order valence-electron chi connectivity index (χ1n) is 9.28. The average Bonchev–Trinajstić information content (AvgIpc) is 2.63. The normalized spacial score (nSPS) is 15.5. The van der Waals surface area contributed by atoms with Gasteiger partial charge in [0.2, 0.25) is 10.0 Å². The summed E-state index contributed by atoms with van der Waals surface area (Å²) < 4.78 is 27.6. The van der Waals surface area contributed by atoms with E-state index in [0.717, 1.165) is 30.4 Å². The van der Waals surface area contributed by atoms with Crippen LogP contribution in [0.5, 0.6) is 0 Å². The van der Waals surface area contributed by atoms with Gasteiger partial charge >= 0.3 is 0 Å². The number of amides is 1.